The van der Waals surface area contributed by atoms with E-state index in [0.717, 1.165) is 25.7 Å². The van der Waals surface area contributed by atoms with Gasteiger partial charge < -0.3 is 27.0 Å². The van der Waals surface area contributed by atoms with E-state index in [4.69, 9.17) is 21.7 Å². The minimum Gasteiger partial charge on any atom is -0.481 e. The minimum atomic E-state index is -1.07. The molecule has 0 bridgehead atoms. The van der Waals surface area contributed by atoms with Crippen molar-refractivity contribution in [1.29, 1.82) is 0 Å². The highest BCUT2D eigenvalue weighted by Gasteiger charge is 2.18. The first kappa shape index (κ1) is 22.7. The van der Waals surface area contributed by atoms with Crippen molar-refractivity contribution in [1.82, 2.24) is 5.32 Å². The molecule has 0 aliphatic carbocycles. The maximum absolute atomic E-state index is 11.8. The number of nitrogens with zero attached hydrogens (tertiary/aromatic N) is 1. The van der Waals surface area contributed by atoms with Gasteiger partial charge in [0.05, 0.1) is 0 Å². The normalized spacial score (nSPS) is 11.5. The Balaban J connectivity index is 3.79. The number of guanidine groups is 1. The Morgan fingerprint density at radius 1 is 0.880 bits per heavy atom. The number of nitrogens with two attached hydrogens (primary N) is 2. The van der Waals surface area contributed by atoms with Gasteiger partial charge in [-0.1, -0.05) is 25.7 Å². The van der Waals surface area contributed by atoms with Gasteiger partial charge >= 0.3 is 11.9 Å². The summed E-state index contributed by atoms with van der Waals surface area (Å²) in [6.07, 6.45) is 6.19. The summed E-state index contributed by atoms with van der Waals surface area (Å²) in [5, 5.41) is 20.1. The molecule has 9 nitrogen and oxygen atoms in total. The molecule has 0 heterocycles. The topological polar surface area (TPSA) is 168 Å². The van der Waals surface area contributed by atoms with Crippen LogP contribution in [0.25, 0.3) is 0 Å². The van der Waals surface area contributed by atoms with E-state index in [1.54, 1.807) is 0 Å². The molecule has 0 aromatic carbocycles. The quantitative estimate of drug-likeness (QED) is 0.164. The molecule has 25 heavy (non-hydrogen) atoms. The maximum atomic E-state index is 11.8. The number of hydrogen-bond acceptors (Lipinski definition) is 4. The van der Waals surface area contributed by atoms with Crippen molar-refractivity contribution >= 4 is 23.8 Å². The zero-order valence-corrected chi connectivity index (χ0v) is 14.6. The Hall–Kier alpha value is -2.32. The van der Waals surface area contributed by atoms with E-state index < -0.39 is 18.0 Å². The second kappa shape index (κ2) is 14.1. The number of carbonyl (C=O) groups excluding carboxylic acids is 1. The lowest BCUT2D eigenvalue weighted by atomic mass is 10.1. The highest BCUT2D eigenvalue weighted by atomic mass is 16.4. The predicted octanol–water partition coefficient (Wildman–Crippen LogP) is 0.815. The lowest BCUT2D eigenvalue weighted by Crippen LogP contribution is -2.40. The van der Waals surface area contributed by atoms with Crippen LogP contribution in [0.3, 0.4) is 0 Å². The molecule has 9 heteroatoms. The number of carbonyl (C=O) groups is 3. The number of aliphatic imine (C=N–C) groups is 1. The van der Waals surface area contributed by atoms with Gasteiger partial charge in [-0.05, 0) is 25.7 Å². The van der Waals surface area contributed by atoms with E-state index in [1.807, 2.05) is 0 Å². The molecular weight excluding hydrogens is 328 g/mol. The number of aliphatic carboxylic acids is 2. The van der Waals surface area contributed by atoms with Crippen LogP contribution < -0.4 is 16.8 Å². The second-order valence-corrected chi connectivity index (χ2v) is 5.92. The molecule has 0 spiro atoms. The first-order chi connectivity index (χ1) is 11.8. The summed E-state index contributed by atoms with van der Waals surface area (Å²) in [6.45, 7) is 0.323. The van der Waals surface area contributed by atoms with Crippen molar-refractivity contribution in [2.75, 3.05) is 6.54 Å². The predicted molar refractivity (Wildman–Crippen MR) is 94.0 cm³/mol. The van der Waals surface area contributed by atoms with E-state index in [2.05, 4.69) is 10.3 Å². The summed E-state index contributed by atoms with van der Waals surface area (Å²) in [5.41, 5.74) is 10.4. The van der Waals surface area contributed by atoms with E-state index in [-0.39, 0.29) is 31.1 Å². The van der Waals surface area contributed by atoms with Crippen molar-refractivity contribution in [3.05, 3.63) is 0 Å². The van der Waals surface area contributed by atoms with Gasteiger partial charge in [0.15, 0.2) is 5.96 Å². The van der Waals surface area contributed by atoms with E-state index in [0.29, 0.717) is 25.8 Å². The van der Waals surface area contributed by atoms with Crippen LogP contribution in [0.2, 0.25) is 0 Å². The number of amides is 1. The highest BCUT2D eigenvalue weighted by Crippen LogP contribution is 2.09. The van der Waals surface area contributed by atoms with Gasteiger partial charge in [0.1, 0.15) is 6.04 Å². The van der Waals surface area contributed by atoms with Crippen molar-refractivity contribution in [3.63, 3.8) is 0 Å². The first-order valence-corrected chi connectivity index (χ1v) is 8.62. The minimum absolute atomic E-state index is 0.0427. The number of unbranched alkanes of at least 4 members (excludes halogenated alkanes) is 5. The zero-order chi connectivity index (χ0) is 19.1. The number of carboxylic acid groups (broad SMARTS) is 2. The van der Waals surface area contributed by atoms with Crippen LogP contribution in [0, 0.1) is 0 Å². The molecule has 0 radical (unpaired) electrons. The van der Waals surface area contributed by atoms with Crippen molar-refractivity contribution in [2.45, 2.75) is 70.3 Å². The number of rotatable bonds is 15. The number of carboxylic acids is 2. The molecule has 0 saturated heterocycles. The van der Waals surface area contributed by atoms with E-state index >= 15 is 0 Å². The van der Waals surface area contributed by atoms with Crippen LogP contribution in [0.1, 0.15) is 64.2 Å². The van der Waals surface area contributed by atoms with Gasteiger partial charge in [-0.25, -0.2) is 4.79 Å². The molecule has 0 aliphatic heterocycles. The lowest BCUT2D eigenvalue weighted by molar-refractivity contribution is -0.142. The summed E-state index contributed by atoms with van der Waals surface area (Å²) in [4.78, 5) is 37.1. The van der Waals surface area contributed by atoms with Crippen LogP contribution >= 0.6 is 0 Å². The second-order valence-electron chi connectivity index (χ2n) is 5.92. The molecule has 1 atom stereocenters. The molecule has 1 amide bonds. The van der Waals surface area contributed by atoms with Gasteiger partial charge in [0.2, 0.25) is 5.91 Å². The standard InChI is InChI=1S/C16H30N4O5/c17-16(18)19-11-7-8-12(15(24)25)20-13(21)9-5-3-1-2-4-6-10-14(22)23/h12H,1-11H2,(H,20,21)(H,22,23)(H,24,25)(H4,17,18,19). The van der Waals surface area contributed by atoms with Crippen LogP contribution in [0.5, 0.6) is 0 Å². The Bertz CT molecular complexity index is 450. The van der Waals surface area contributed by atoms with Gasteiger partial charge in [-0.2, -0.15) is 0 Å². The fourth-order valence-electron chi connectivity index (χ4n) is 2.30. The molecule has 0 aliphatic rings. The fraction of sp³-hybridized carbons (Fsp3) is 0.750. The van der Waals surface area contributed by atoms with Gasteiger partial charge in [0, 0.05) is 19.4 Å². The molecule has 7 N–H and O–H groups in total. The Labute approximate surface area is 147 Å². The molecule has 0 rings (SSSR count). The molecule has 144 valence electrons. The number of hydrogen-bond donors (Lipinski definition) is 5. The lowest BCUT2D eigenvalue weighted by Gasteiger charge is -2.14. The third-order valence-electron chi connectivity index (χ3n) is 3.62. The van der Waals surface area contributed by atoms with Crippen LogP contribution in [-0.4, -0.2) is 46.6 Å². The number of nitrogens with one attached hydrogen (secondary N) is 1. The summed E-state index contributed by atoms with van der Waals surface area (Å²) in [5.74, 6) is -2.17. The molecule has 0 saturated carbocycles. The van der Waals surface area contributed by atoms with Crippen molar-refractivity contribution in [3.8, 4) is 0 Å². The third kappa shape index (κ3) is 15.0. The Kier molecular flexibility index (Phi) is 12.8. The van der Waals surface area contributed by atoms with Crippen LogP contribution in [-0.2, 0) is 14.4 Å². The van der Waals surface area contributed by atoms with Crippen molar-refractivity contribution in [2.24, 2.45) is 16.5 Å². The van der Waals surface area contributed by atoms with Crippen molar-refractivity contribution < 1.29 is 24.6 Å². The molecular formula is C16H30N4O5. The molecule has 0 fully saturated rings. The Morgan fingerprint density at radius 2 is 1.44 bits per heavy atom. The third-order valence-corrected chi connectivity index (χ3v) is 3.62. The van der Waals surface area contributed by atoms with E-state index in [1.165, 1.54) is 0 Å². The summed E-state index contributed by atoms with van der Waals surface area (Å²) in [6, 6.07) is -0.933. The van der Waals surface area contributed by atoms with Crippen LogP contribution in [0.4, 0.5) is 0 Å². The molecule has 0 aromatic rings. The van der Waals surface area contributed by atoms with E-state index in [9.17, 15) is 14.4 Å². The smallest absolute Gasteiger partial charge is 0.326 e. The largest absolute Gasteiger partial charge is 0.481 e. The van der Waals surface area contributed by atoms with Gasteiger partial charge in [0.25, 0.3) is 0 Å². The zero-order valence-electron chi connectivity index (χ0n) is 14.6. The molecule has 1 unspecified atom stereocenters. The maximum Gasteiger partial charge on any atom is 0.326 e. The average molecular weight is 358 g/mol. The van der Waals surface area contributed by atoms with Crippen LogP contribution in [0.15, 0.2) is 4.99 Å². The highest BCUT2D eigenvalue weighted by molar-refractivity contribution is 5.83. The summed E-state index contributed by atoms with van der Waals surface area (Å²) < 4.78 is 0. The summed E-state index contributed by atoms with van der Waals surface area (Å²) >= 11 is 0. The Morgan fingerprint density at radius 3 is 1.96 bits per heavy atom. The SMILES string of the molecule is NC(N)=NCCCC(NC(=O)CCCCCCCCC(=O)O)C(=O)O. The molecule has 0 aromatic heterocycles. The van der Waals surface area contributed by atoms with Gasteiger partial charge in [-0.3, -0.25) is 14.6 Å². The van der Waals surface area contributed by atoms with Gasteiger partial charge in [-0.15, -0.1) is 0 Å². The summed E-state index contributed by atoms with van der Waals surface area (Å²) in [7, 11) is 0. The first-order valence-electron chi connectivity index (χ1n) is 8.62. The average Bonchev–Trinajstić information content (AvgIpc) is 2.52. The fourth-order valence-corrected chi connectivity index (χ4v) is 2.30. The monoisotopic (exact) mass is 358 g/mol.